The average molecular weight is 356 g/mol. The Morgan fingerprint density at radius 2 is 1.73 bits per heavy atom. The van der Waals surface area contributed by atoms with E-state index in [4.69, 9.17) is 18.6 Å². The Balaban J connectivity index is 2.35. The molecule has 0 aliphatic rings. The van der Waals surface area contributed by atoms with Gasteiger partial charge in [0.25, 0.3) is 0 Å². The molecule has 1 heterocycles. The van der Waals surface area contributed by atoms with Gasteiger partial charge in [0.1, 0.15) is 22.5 Å². The highest BCUT2D eigenvalue weighted by Crippen LogP contribution is 2.36. The molecule has 0 atom stereocenters. The molecule has 1 aromatic heterocycles. The number of hydrogen-bond donors (Lipinski definition) is 1. The van der Waals surface area contributed by atoms with Crippen LogP contribution in [0.2, 0.25) is 0 Å². The molecule has 0 bridgehead atoms. The van der Waals surface area contributed by atoms with E-state index in [-0.39, 0.29) is 23.2 Å². The first-order valence-electron chi connectivity index (χ1n) is 8.01. The lowest BCUT2D eigenvalue weighted by Crippen LogP contribution is -2.09. The van der Waals surface area contributed by atoms with Gasteiger partial charge in [-0.25, -0.2) is 0 Å². The number of fused-ring (bicyclic) bond motifs is 1. The molecule has 6 nitrogen and oxygen atoms in total. The fourth-order valence-corrected chi connectivity index (χ4v) is 2.97. The van der Waals surface area contributed by atoms with Crippen LogP contribution >= 0.6 is 0 Å². The molecule has 6 heteroatoms. The maximum atomic E-state index is 13.0. The zero-order valence-corrected chi connectivity index (χ0v) is 15.1. The molecule has 0 amide bonds. The van der Waals surface area contributed by atoms with Crippen molar-refractivity contribution in [2.45, 2.75) is 13.5 Å². The Morgan fingerprint density at radius 1 is 1.00 bits per heavy atom. The fraction of sp³-hybridized carbons (Fsp3) is 0.250. The van der Waals surface area contributed by atoms with Crippen LogP contribution in [0.15, 0.2) is 39.5 Å². The summed E-state index contributed by atoms with van der Waals surface area (Å²) in [5, 5.41) is 9.73. The second-order valence-corrected chi connectivity index (χ2v) is 5.81. The van der Waals surface area contributed by atoms with Gasteiger partial charge in [0, 0.05) is 5.56 Å². The second-order valence-electron chi connectivity index (χ2n) is 5.81. The number of methoxy groups -OCH3 is 3. The van der Waals surface area contributed by atoms with Crippen LogP contribution in [0.1, 0.15) is 11.1 Å². The molecule has 0 radical (unpaired) electrons. The van der Waals surface area contributed by atoms with Crippen molar-refractivity contribution >= 4 is 11.0 Å². The van der Waals surface area contributed by atoms with Gasteiger partial charge in [0.05, 0.1) is 27.9 Å². The minimum atomic E-state index is -0.335. The third-order valence-electron chi connectivity index (χ3n) is 4.24. The monoisotopic (exact) mass is 356 g/mol. The topological polar surface area (TPSA) is 78.1 Å². The highest BCUT2D eigenvalue weighted by molar-refractivity contribution is 5.88. The molecule has 26 heavy (non-hydrogen) atoms. The van der Waals surface area contributed by atoms with E-state index in [1.54, 1.807) is 31.4 Å². The van der Waals surface area contributed by atoms with Crippen LogP contribution in [0.5, 0.6) is 17.2 Å². The van der Waals surface area contributed by atoms with Crippen molar-refractivity contribution in [3.63, 3.8) is 0 Å². The lowest BCUT2D eigenvalue weighted by Gasteiger charge is -2.13. The zero-order valence-electron chi connectivity index (χ0n) is 15.1. The van der Waals surface area contributed by atoms with E-state index >= 15 is 0 Å². The van der Waals surface area contributed by atoms with Crippen LogP contribution in [0, 0.1) is 6.92 Å². The van der Waals surface area contributed by atoms with E-state index in [0.29, 0.717) is 28.2 Å². The minimum absolute atomic E-state index is 0.0946. The maximum Gasteiger partial charge on any atom is 0.239 e. The Hall–Kier alpha value is -2.99. The molecular weight excluding hydrogens is 336 g/mol. The normalized spacial score (nSPS) is 10.8. The molecule has 0 aliphatic carbocycles. The first-order valence-corrected chi connectivity index (χ1v) is 8.01. The predicted molar refractivity (Wildman–Crippen MR) is 98.2 cm³/mol. The van der Waals surface area contributed by atoms with Gasteiger partial charge in [0.15, 0.2) is 5.76 Å². The third kappa shape index (κ3) is 2.88. The van der Waals surface area contributed by atoms with Gasteiger partial charge in [-0.1, -0.05) is 0 Å². The summed E-state index contributed by atoms with van der Waals surface area (Å²) < 4.78 is 21.9. The molecule has 1 N–H and O–H groups in total. The van der Waals surface area contributed by atoms with E-state index in [0.717, 1.165) is 11.3 Å². The molecular formula is C20H20O6. The standard InChI is InChI=1S/C20H20O6/c1-11-7-13(5-6-14(11)23-2)19-20(25-4)18(22)17-15(24-3)8-12(10-21)9-16(17)26-19/h5-9,21H,10H2,1-4H3. The number of benzene rings is 2. The summed E-state index contributed by atoms with van der Waals surface area (Å²) in [6.45, 7) is 1.71. The zero-order chi connectivity index (χ0) is 18.8. The van der Waals surface area contributed by atoms with Crippen molar-refractivity contribution in [3.8, 4) is 28.6 Å². The molecule has 0 fully saturated rings. The van der Waals surface area contributed by atoms with Crippen LogP contribution in [-0.4, -0.2) is 26.4 Å². The van der Waals surface area contributed by atoms with Gasteiger partial charge < -0.3 is 23.7 Å². The summed E-state index contributed by atoms with van der Waals surface area (Å²) in [6, 6.07) is 8.69. The lowest BCUT2D eigenvalue weighted by atomic mass is 10.1. The van der Waals surface area contributed by atoms with Crippen LogP contribution < -0.4 is 19.6 Å². The van der Waals surface area contributed by atoms with Crippen molar-refractivity contribution in [2.24, 2.45) is 0 Å². The number of hydrogen-bond acceptors (Lipinski definition) is 6. The molecule has 3 aromatic rings. The van der Waals surface area contributed by atoms with E-state index in [1.165, 1.54) is 14.2 Å². The van der Waals surface area contributed by atoms with Crippen LogP contribution in [-0.2, 0) is 6.61 Å². The van der Waals surface area contributed by atoms with Crippen LogP contribution in [0.4, 0.5) is 0 Å². The third-order valence-corrected chi connectivity index (χ3v) is 4.24. The Labute approximate surface area is 150 Å². The van der Waals surface area contributed by atoms with Crippen molar-refractivity contribution in [1.29, 1.82) is 0 Å². The largest absolute Gasteiger partial charge is 0.496 e. The van der Waals surface area contributed by atoms with E-state index < -0.39 is 0 Å². The molecule has 2 aromatic carbocycles. The van der Waals surface area contributed by atoms with Gasteiger partial charge in [-0.2, -0.15) is 0 Å². The van der Waals surface area contributed by atoms with Crippen molar-refractivity contribution in [1.82, 2.24) is 0 Å². The van der Waals surface area contributed by atoms with Gasteiger partial charge >= 0.3 is 0 Å². The van der Waals surface area contributed by atoms with Gasteiger partial charge in [-0.05, 0) is 48.4 Å². The van der Waals surface area contributed by atoms with Gasteiger partial charge in [-0.3, -0.25) is 4.79 Å². The second kappa shape index (κ2) is 7.09. The van der Waals surface area contributed by atoms with Crippen molar-refractivity contribution in [3.05, 3.63) is 51.7 Å². The SMILES string of the molecule is COc1ccc(-c2oc3cc(CO)cc(OC)c3c(=O)c2OC)cc1C. The number of rotatable bonds is 5. The highest BCUT2D eigenvalue weighted by Gasteiger charge is 2.21. The number of ether oxygens (including phenoxy) is 3. The van der Waals surface area contributed by atoms with E-state index in [1.807, 2.05) is 13.0 Å². The summed E-state index contributed by atoms with van der Waals surface area (Å²) in [5.41, 5.74) is 2.16. The van der Waals surface area contributed by atoms with E-state index in [2.05, 4.69) is 0 Å². The Bertz CT molecular complexity index is 1020. The molecule has 0 saturated heterocycles. The highest BCUT2D eigenvalue weighted by atomic mass is 16.5. The summed E-state index contributed by atoms with van der Waals surface area (Å²) in [4.78, 5) is 13.0. The maximum absolute atomic E-state index is 13.0. The predicted octanol–water partition coefficient (Wildman–Crippen LogP) is 3.29. The van der Waals surface area contributed by atoms with Gasteiger partial charge in [-0.15, -0.1) is 0 Å². The smallest absolute Gasteiger partial charge is 0.239 e. The lowest BCUT2D eigenvalue weighted by molar-refractivity contribution is 0.281. The number of aliphatic hydroxyl groups is 1. The Kier molecular flexibility index (Phi) is 4.86. The molecule has 136 valence electrons. The average Bonchev–Trinajstić information content (AvgIpc) is 2.66. The van der Waals surface area contributed by atoms with Crippen molar-refractivity contribution in [2.75, 3.05) is 21.3 Å². The quantitative estimate of drug-likeness (QED) is 0.756. The molecule has 0 saturated carbocycles. The molecule has 0 aliphatic heterocycles. The summed E-state index contributed by atoms with van der Waals surface area (Å²) in [6.07, 6.45) is 0. The first-order chi connectivity index (χ1) is 12.5. The first kappa shape index (κ1) is 17.8. The fourth-order valence-electron chi connectivity index (χ4n) is 2.97. The van der Waals surface area contributed by atoms with Crippen molar-refractivity contribution < 1.29 is 23.7 Å². The molecule has 0 unspecified atom stereocenters. The van der Waals surface area contributed by atoms with Gasteiger partial charge in [0.2, 0.25) is 11.2 Å². The minimum Gasteiger partial charge on any atom is -0.496 e. The number of aliphatic hydroxyl groups excluding tert-OH is 1. The number of aryl methyl sites for hydroxylation is 1. The summed E-state index contributed by atoms with van der Waals surface area (Å²) >= 11 is 0. The van der Waals surface area contributed by atoms with Crippen LogP contribution in [0.25, 0.3) is 22.3 Å². The molecule has 3 rings (SSSR count). The van der Waals surface area contributed by atoms with E-state index in [9.17, 15) is 9.90 Å². The summed E-state index contributed by atoms with van der Waals surface area (Å²) in [5.74, 6) is 1.47. The molecule has 0 spiro atoms. The summed E-state index contributed by atoms with van der Waals surface area (Å²) in [7, 11) is 4.48. The Morgan fingerprint density at radius 3 is 2.31 bits per heavy atom. The van der Waals surface area contributed by atoms with Crippen LogP contribution in [0.3, 0.4) is 0 Å².